The normalized spacial score (nSPS) is 17.1. The standard InChI is InChI=1S/C26H30F2N8O.C4H8O.C2H6/c1-16-14-35(12-13-36(16)24-22-23(31-25(32-24)33-29)34(3)17(2)30-22)26(15-37,18-4-8-20(27)9-5-18)19-6-10-21(28)11-7-19;1-2-4-5-3-1;1-2/h4-11,16,37H,12-15,29H2,1-3H3,(H,31,32,33);1-4H2;1-2H3. The highest BCUT2D eigenvalue weighted by atomic mass is 19.1. The van der Waals surface area contributed by atoms with E-state index in [0.717, 1.165) is 30.2 Å². The minimum atomic E-state index is -0.992. The number of piperazine rings is 1. The summed E-state index contributed by atoms with van der Waals surface area (Å²) in [5.74, 6) is 6.71. The lowest BCUT2D eigenvalue weighted by atomic mass is 9.80. The number of hydrogen-bond donors (Lipinski definition) is 3. The number of aromatic nitrogens is 4. The van der Waals surface area contributed by atoms with Crippen LogP contribution in [0.25, 0.3) is 11.2 Å². The smallest absolute Gasteiger partial charge is 0.241 e. The van der Waals surface area contributed by atoms with E-state index in [0.29, 0.717) is 42.6 Å². The SMILES string of the molecule is C1CCOC1.CC.Cc1nc2c(N3CCN(C(CO)(c4ccc(F)cc4)c4ccc(F)cc4)CC3C)nc(NN)nc2n1C. The summed E-state index contributed by atoms with van der Waals surface area (Å²) in [5.41, 5.74) is 4.37. The van der Waals surface area contributed by atoms with E-state index in [2.05, 4.69) is 32.1 Å². The van der Waals surface area contributed by atoms with E-state index in [1.54, 1.807) is 24.3 Å². The van der Waals surface area contributed by atoms with Crippen molar-refractivity contribution in [3.63, 3.8) is 0 Å². The number of hydrazine groups is 1. The lowest BCUT2D eigenvalue weighted by Crippen LogP contribution is -2.60. The van der Waals surface area contributed by atoms with Crippen LogP contribution in [0.4, 0.5) is 20.5 Å². The second-order valence-electron chi connectivity index (χ2n) is 10.7. The van der Waals surface area contributed by atoms with Gasteiger partial charge in [0.25, 0.3) is 0 Å². The number of hydrogen-bond acceptors (Lipinski definition) is 9. The Hall–Kier alpha value is -3.71. The number of rotatable bonds is 6. The Morgan fingerprint density at radius 1 is 0.955 bits per heavy atom. The van der Waals surface area contributed by atoms with Gasteiger partial charge in [-0.1, -0.05) is 38.1 Å². The Bertz CT molecular complexity index is 1440. The van der Waals surface area contributed by atoms with Crippen LogP contribution >= 0.6 is 0 Å². The zero-order chi connectivity index (χ0) is 31.9. The molecule has 2 aliphatic heterocycles. The molecule has 2 saturated heterocycles. The maximum atomic E-state index is 13.8. The Balaban J connectivity index is 0.000000565. The Kier molecular flexibility index (Phi) is 11.2. The summed E-state index contributed by atoms with van der Waals surface area (Å²) in [6.07, 6.45) is 2.56. The fraction of sp³-hybridized carbons (Fsp3) is 0.469. The first-order chi connectivity index (χ1) is 21.3. The number of imidazole rings is 1. The second-order valence-corrected chi connectivity index (χ2v) is 10.7. The quantitative estimate of drug-likeness (QED) is 0.214. The van der Waals surface area contributed by atoms with Crippen molar-refractivity contribution < 1.29 is 18.6 Å². The van der Waals surface area contributed by atoms with Crippen molar-refractivity contribution in [3.05, 3.63) is 77.1 Å². The number of aryl methyl sites for hydroxylation is 2. The molecule has 0 aliphatic carbocycles. The van der Waals surface area contributed by atoms with Crippen molar-refractivity contribution in [3.8, 4) is 0 Å². The van der Waals surface area contributed by atoms with Crippen LogP contribution in [0.1, 0.15) is 50.6 Å². The number of nitrogens with two attached hydrogens (primary N) is 1. The molecule has 0 radical (unpaired) electrons. The highest BCUT2D eigenvalue weighted by Crippen LogP contribution is 2.39. The molecule has 6 rings (SSSR count). The number of nitrogen functional groups attached to an aromatic ring is 1. The van der Waals surface area contributed by atoms with Crippen molar-refractivity contribution >= 4 is 22.9 Å². The minimum absolute atomic E-state index is 0.0494. The van der Waals surface area contributed by atoms with Gasteiger partial charge >= 0.3 is 0 Å². The molecular formula is C32H44F2N8O2. The third-order valence-electron chi connectivity index (χ3n) is 8.19. The van der Waals surface area contributed by atoms with E-state index in [9.17, 15) is 13.9 Å². The molecule has 44 heavy (non-hydrogen) atoms. The van der Waals surface area contributed by atoms with Crippen molar-refractivity contribution in [2.45, 2.75) is 52.1 Å². The number of fused-ring (bicyclic) bond motifs is 1. The first-order valence-corrected chi connectivity index (χ1v) is 15.2. The maximum absolute atomic E-state index is 13.8. The van der Waals surface area contributed by atoms with E-state index in [-0.39, 0.29) is 24.3 Å². The van der Waals surface area contributed by atoms with Gasteiger partial charge in [0.15, 0.2) is 17.0 Å². The number of nitrogens with one attached hydrogen (secondary N) is 1. The monoisotopic (exact) mass is 610 g/mol. The van der Waals surface area contributed by atoms with Gasteiger partial charge in [-0.2, -0.15) is 9.97 Å². The fourth-order valence-electron chi connectivity index (χ4n) is 5.82. The minimum Gasteiger partial charge on any atom is -0.394 e. The van der Waals surface area contributed by atoms with Crippen LogP contribution in [0.15, 0.2) is 48.5 Å². The predicted molar refractivity (Wildman–Crippen MR) is 169 cm³/mol. The van der Waals surface area contributed by atoms with Crippen molar-refractivity contribution in [2.75, 3.05) is 49.8 Å². The third kappa shape index (κ3) is 6.68. The molecule has 2 aliphatic rings. The fourth-order valence-corrected chi connectivity index (χ4v) is 5.82. The predicted octanol–water partition coefficient (Wildman–Crippen LogP) is 4.51. The van der Waals surface area contributed by atoms with Gasteiger partial charge in [-0.15, -0.1) is 0 Å². The molecular weight excluding hydrogens is 566 g/mol. The van der Waals surface area contributed by atoms with Gasteiger partial charge in [0.05, 0.1) is 12.1 Å². The molecule has 1 unspecified atom stereocenters. The number of aliphatic hydroxyl groups excluding tert-OH is 1. The van der Waals surface area contributed by atoms with Crippen LogP contribution in [-0.2, 0) is 17.3 Å². The summed E-state index contributed by atoms with van der Waals surface area (Å²) < 4.78 is 34.5. The van der Waals surface area contributed by atoms with Crippen LogP contribution in [0.5, 0.6) is 0 Å². The number of halogens is 2. The van der Waals surface area contributed by atoms with Crippen LogP contribution in [-0.4, -0.2) is 75.0 Å². The zero-order valence-corrected chi connectivity index (χ0v) is 26.2. The van der Waals surface area contributed by atoms with Crippen LogP contribution in [0.2, 0.25) is 0 Å². The molecule has 10 nitrogen and oxygen atoms in total. The molecule has 4 aromatic rings. The number of anilines is 2. The molecule has 238 valence electrons. The Morgan fingerprint density at radius 2 is 1.52 bits per heavy atom. The van der Waals surface area contributed by atoms with Crippen LogP contribution < -0.4 is 16.2 Å². The summed E-state index contributed by atoms with van der Waals surface area (Å²) in [6, 6.07) is 12.2. The van der Waals surface area contributed by atoms with Crippen molar-refractivity contribution in [1.82, 2.24) is 24.4 Å². The summed E-state index contributed by atoms with van der Waals surface area (Å²) >= 11 is 0. The van der Waals surface area contributed by atoms with Gasteiger partial charge in [-0.05, 0) is 62.1 Å². The molecule has 0 bridgehead atoms. The van der Waals surface area contributed by atoms with Gasteiger partial charge in [0, 0.05) is 45.9 Å². The van der Waals surface area contributed by atoms with E-state index in [4.69, 9.17) is 15.6 Å². The van der Waals surface area contributed by atoms with E-state index in [1.807, 2.05) is 32.4 Å². The first kappa shape index (κ1) is 33.2. The zero-order valence-electron chi connectivity index (χ0n) is 26.2. The molecule has 2 aromatic heterocycles. The van der Waals surface area contributed by atoms with E-state index >= 15 is 0 Å². The average molecular weight is 611 g/mol. The lowest BCUT2D eigenvalue weighted by molar-refractivity contribution is 0.0432. The van der Waals surface area contributed by atoms with Crippen molar-refractivity contribution in [1.29, 1.82) is 0 Å². The molecule has 2 aromatic carbocycles. The lowest BCUT2D eigenvalue weighted by Gasteiger charge is -2.50. The van der Waals surface area contributed by atoms with E-state index < -0.39 is 5.54 Å². The second kappa shape index (κ2) is 14.8. The van der Waals surface area contributed by atoms with Crippen molar-refractivity contribution in [2.24, 2.45) is 12.9 Å². The topological polar surface area (TPSA) is 118 Å². The maximum Gasteiger partial charge on any atom is 0.241 e. The molecule has 1 atom stereocenters. The van der Waals surface area contributed by atoms with Gasteiger partial charge in [0.1, 0.15) is 17.5 Å². The summed E-state index contributed by atoms with van der Waals surface area (Å²) in [7, 11) is 1.89. The number of aliphatic hydroxyl groups is 1. The van der Waals surface area contributed by atoms with Gasteiger partial charge in [-0.25, -0.2) is 19.6 Å². The summed E-state index contributed by atoms with van der Waals surface area (Å²) in [4.78, 5) is 18.1. The largest absolute Gasteiger partial charge is 0.394 e. The van der Waals surface area contributed by atoms with E-state index in [1.165, 1.54) is 37.1 Å². The summed E-state index contributed by atoms with van der Waals surface area (Å²) in [5, 5.41) is 10.9. The number of nitrogens with zero attached hydrogens (tertiary/aromatic N) is 6. The summed E-state index contributed by atoms with van der Waals surface area (Å²) in [6.45, 7) is 11.4. The highest BCUT2D eigenvalue weighted by Gasteiger charge is 2.43. The van der Waals surface area contributed by atoms with Gasteiger partial charge < -0.3 is 19.3 Å². The molecule has 0 spiro atoms. The molecule has 12 heteroatoms. The molecule has 0 amide bonds. The average Bonchev–Trinajstić information content (AvgIpc) is 3.73. The molecule has 0 saturated carbocycles. The number of benzene rings is 2. The first-order valence-electron chi connectivity index (χ1n) is 15.2. The van der Waals surface area contributed by atoms with Gasteiger partial charge in [-0.3, -0.25) is 10.3 Å². The molecule has 4 heterocycles. The van der Waals surface area contributed by atoms with Crippen LogP contribution in [0, 0.1) is 18.6 Å². The molecule has 2 fully saturated rings. The molecule has 4 N–H and O–H groups in total. The van der Waals surface area contributed by atoms with Crippen LogP contribution in [0.3, 0.4) is 0 Å². The van der Waals surface area contributed by atoms with Gasteiger partial charge in [0.2, 0.25) is 5.95 Å². The highest BCUT2D eigenvalue weighted by molar-refractivity contribution is 5.85. The third-order valence-corrected chi connectivity index (χ3v) is 8.19. The Morgan fingerprint density at radius 3 is 1.98 bits per heavy atom. The number of ether oxygens (including phenoxy) is 1. The Labute approximate surface area is 257 Å².